The summed E-state index contributed by atoms with van der Waals surface area (Å²) in [6.07, 6.45) is 1.72. The Morgan fingerprint density at radius 2 is 1.57 bits per heavy atom. The molecule has 0 saturated carbocycles. The summed E-state index contributed by atoms with van der Waals surface area (Å²) in [5, 5.41) is 0.532. The monoisotopic (exact) mass is 387 g/mol. The number of aromatic nitrogens is 2. The van der Waals surface area contributed by atoms with E-state index in [1.165, 1.54) is 0 Å². The smallest absolute Gasteiger partial charge is 0.220 e. The van der Waals surface area contributed by atoms with Crippen LogP contribution in [0.4, 0.5) is 5.95 Å². The highest BCUT2D eigenvalue weighted by atomic mass is 35.5. The molecule has 0 aliphatic rings. The molecule has 4 nitrogen and oxygen atoms in total. The van der Waals surface area contributed by atoms with E-state index in [1.807, 2.05) is 78.9 Å². The molecule has 0 bridgehead atoms. The van der Waals surface area contributed by atoms with Crippen molar-refractivity contribution in [2.45, 2.75) is 6.61 Å². The molecule has 0 aliphatic carbocycles. The minimum atomic E-state index is 0.233. The van der Waals surface area contributed by atoms with Crippen LogP contribution in [0.1, 0.15) is 5.56 Å². The van der Waals surface area contributed by atoms with Gasteiger partial charge in [0.25, 0.3) is 0 Å². The van der Waals surface area contributed by atoms with Crippen molar-refractivity contribution in [3.63, 3.8) is 0 Å². The molecular formula is C23H18ClN3O. The summed E-state index contributed by atoms with van der Waals surface area (Å²) in [6, 6.07) is 25.5. The van der Waals surface area contributed by atoms with Crippen LogP contribution in [0, 0.1) is 0 Å². The first kappa shape index (κ1) is 18.0. The maximum atomic E-state index is 6.48. The van der Waals surface area contributed by atoms with E-state index in [0.717, 1.165) is 27.9 Å². The van der Waals surface area contributed by atoms with Crippen molar-refractivity contribution in [1.29, 1.82) is 0 Å². The van der Waals surface area contributed by atoms with Gasteiger partial charge in [-0.2, -0.15) is 0 Å². The average molecular weight is 388 g/mol. The maximum absolute atomic E-state index is 6.48. The van der Waals surface area contributed by atoms with Crippen molar-refractivity contribution in [3.05, 3.63) is 95.6 Å². The number of nitrogen functional groups attached to an aromatic ring is 1. The molecule has 5 heteroatoms. The van der Waals surface area contributed by atoms with Gasteiger partial charge >= 0.3 is 0 Å². The summed E-state index contributed by atoms with van der Waals surface area (Å²) < 4.78 is 5.86. The zero-order valence-corrected chi connectivity index (χ0v) is 15.8. The third-order valence-corrected chi connectivity index (χ3v) is 4.63. The van der Waals surface area contributed by atoms with Gasteiger partial charge in [-0.25, -0.2) is 9.97 Å². The highest BCUT2D eigenvalue weighted by molar-refractivity contribution is 6.32. The third-order valence-electron chi connectivity index (χ3n) is 4.33. The Bertz CT molecular complexity index is 1090. The van der Waals surface area contributed by atoms with Gasteiger partial charge in [0.1, 0.15) is 12.4 Å². The molecule has 0 spiro atoms. The predicted octanol–water partition coefficient (Wildman–Crippen LogP) is 5.63. The Balaban J connectivity index is 1.65. The van der Waals surface area contributed by atoms with E-state index in [-0.39, 0.29) is 5.95 Å². The van der Waals surface area contributed by atoms with Crippen molar-refractivity contribution in [2.24, 2.45) is 0 Å². The molecule has 0 amide bonds. The van der Waals surface area contributed by atoms with Gasteiger partial charge in [0.05, 0.1) is 10.7 Å². The zero-order chi connectivity index (χ0) is 19.3. The first-order valence-corrected chi connectivity index (χ1v) is 9.23. The van der Waals surface area contributed by atoms with E-state index in [2.05, 4.69) is 9.97 Å². The number of rotatable bonds is 5. The lowest BCUT2D eigenvalue weighted by atomic mass is 10.0. The van der Waals surface area contributed by atoms with E-state index in [1.54, 1.807) is 6.20 Å². The van der Waals surface area contributed by atoms with Crippen LogP contribution in [0.15, 0.2) is 85.1 Å². The second-order valence-corrected chi connectivity index (χ2v) is 6.68. The van der Waals surface area contributed by atoms with E-state index >= 15 is 0 Å². The SMILES string of the molecule is Nc1ncc(-c2ccc(OCc3ccccc3)c(Cl)c2)c(-c2ccccc2)n1. The second-order valence-electron chi connectivity index (χ2n) is 6.28. The number of halogens is 1. The fourth-order valence-corrected chi connectivity index (χ4v) is 3.18. The van der Waals surface area contributed by atoms with Gasteiger partial charge in [0.15, 0.2) is 0 Å². The lowest BCUT2D eigenvalue weighted by Crippen LogP contribution is -1.99. The van der Waals surface area contributed by atoms with Gasteiger partial charge in [-0.3, -0.25) is 0 Å². The summed E-state index contributed by atoms with van der Waals surface area (Å²) >= 11 is 6.48. The van der Waals surface area contributed by atoms with E-state index < -0.39 is 0 Å². The largest absolute Gasteiger partial charge is 0.487 e. The van der Waals surface area contributed by atoms with Crippen molar-refractivity contribution in [2.75, 3.05) is 5.73 Å². The van der Waals surface area contributed by atoms with Gasteiger partial charge in [-0.1, -0.05) is 78.3 Å². The number of hydrogen-bond acceptors (Lipinski definition) is 4. The van der Waals surface area contributed by atoms with Gasteiger partial charge < -0.3 is 10.5 Å². The molecule has 1 aromatic heterocycles. The zero-order valence-electron chi connectivity index (χ0n) is 15.0. The molecule has 0 radical (unpaired) electrons. The number of nitrogens with zero attached hydrogens (tertiary/aromatic N) is 2. The van der Waals surface area contributed by atoms with Crippen molar-refractivity contribution < 1.29 is 4.74 Å². The van der Waals surface area contributed by atoms with Crippen molar-refractivity contribution in [3.8, 4) is 28.1 Å². The molecule has 4 rings (SSSR count). The highest BCUT2D eigenvalue weighted by Crippen LogP contribution is 2.35. The van der Waals surface area contributed by atoms with Crippen LogP contribution in [0.3, 0.4) is 0 Å². The standard InChI is InChI=1S/C23H18ClN3O/c24-20-13-18(11-12-21(20)28-15-16-7-3-1-4-8-16)19-14-26-23(25)27-22(19)17-9-5-2-6-10-17/h1-14H,15H2,(H2,25,26,27). The highest BCUT2D eigenvalue weighted by Gasteiger charge is 2.13. The minimum absolute atomic E-state index is 0.233. The van der Waals surface area contributed by atoms with Crippen LogP contribution < -0.4 is 10.5 Å². The molecule has 4 aromatic rings. The lowest BCUT2D eigenvalue weighted by molar-refractivity contribution is 0.306. The molecule has 0 saturated heterocycles. The molecule has 0 fully saturated rings. The Morgan fingerprint density at radius 1 is 0.857 bits per heavy atom. The summed E-state index contributed by atoms with van der Waals surface area (Å²) in [7, 11) is 0. The van der Waals surface area contributed by atoms with Gasteiger partial charge in [0.2, 0.25) is 5.95 Å². The number of benzene rings is 3. The molecule has 1 heterocycles. The predicted molar refractivity (Wildman–Crippen MR) is 113 cm³/mol. The van der Waals surface area contributed by atoms with Crippen molar-refractivity contribution >= 4 is 17.5 Å². The first-order chi connectivity index (χ1) is 13.7. The molecule has 2 N–H and O–H groups in total. The van der Waals surface area contributed by atoms with Crippen LogP contribution in [-0.2, 0) is 6.61 Å². The Morgan fingerprint density at radius 3 is 2.29 bits per heavy atom. The fourth-order valence-electron chi connectivity index (χ4n) is 2.94. The normalized spacial score (nSPS) is 10.6. The molecule has 138 valence electrons. The Kier molecular flexibility index (Phi) is 5.22. The topological polar surface area (TPSA) is 61.0 Å². The first-order valence-electron chi connectivity index (χ1n) is 8.85. The van der Waals surface area contributed by atoms with E-state index in [4.69, 9.17) is 22.1 Å². The summed E-state index contributed by atoms with van der Waals surface area (Å²) in [6.45, 7) is 0.458. The second kappa shape index (κ2) is 8.11. The van der Waals surface area contributed by atoms with Crippen LogP contribution in [0.5, 0.6) is 5.75 Å². The molecular weight excluding hydrogens is 370 g/mol. The number of anilines is 1. The molecule has 0 aliphatic heterocycles. The molecule has 28 heavy (non-hydrogen) atoms. The molecule has 0 unspecified atom stereocenters. The third kappa shape index (κ3) is 3.97. The van der Waals surface area contributed by atoms with E-state index in [9.17, 15) is 0 Å². The van der Waals surface area contributed by atoms with Crippen LogP contribution >= 0.6 is 11.6 Å². The molecule has 3 aromatic carbocycles. The van der Waals surface area contributed by atoms with Crippen LogP contribution in [0.2, 0.25) is 5.02 Å². The summed E-state index contributed by atoms with van der Waals surface area (Å²) in [5.41, 5.74) is 10.4. The summed E-state index contributed by atoms with van der Waals surface area (Å²) in [5.74, 6) is 0.864. The van der Waals surface area contributed by atoms with Crippen LogP contribution in [0.25, 0.3) is 22.4 Å². The van der Waals surface area contributed by atoms with Crippen LogP contribution in [-0.4, -0.2) is 9.97 Å². The Labute approximate surface area is 168 Å². The quantitative estimate of drug-likeness (QED) is 0.482. The minimum Gasteiger partial charge on any atom is -0.487 e. The Hall–Kier alpha value is -3.37. The van der Waals surface area contributed by atoms with Gasteiger partial charge in [-0.05, 0) is 23.3 Å². The van der Waals surface area contributed by atoms with E-state index in [0.29, 0.717) is 17.4 Å². The fraction of sp³-hybridized carbons (Fsp3) is 0.0435. The van der Waals surface area contributed by atoms with Gasteiger partial charge in [-0.15, -0.1) is 0 Å². The van der Waals surface area contributed by atoms with Gasteiger partial charge in [0, 0.05) is 17.3 Å². The number of ether oxygens (including phenoxy) is 1. The summed E-state index contributed by atoms with van der Waals surface area (Å²) in [4.78, 5) is 8.60. The molecule has 0 atom stereocenters. The average Bonchev–Trinajstić information content (AvgIpc) is 2.74. The number of hydrogen-bond donors (Lipinski definition) is 1. The maximum Gasteiger partial charge on any atom is 0.220 e. The van der Waals surface area contributed by atoms with Crippen molar-refractivity contribution in [1.82, 2.24) is 9.97 Å². The number of nitrogens with two attached hydrogens (primary N) is 1. The lowest BCUT2D eigenvalue weighted by Gasteiger charge is -2.12.